The molecule has 0 radical (unpaired) electrons. The van der Waals surface area contributed by atoms with Crippen molar-refractivity contribution >= 4 is 17.3 Å². The highest BCUT2D eigenvalue weighted by molar-refractivity contribution is 5.91. The molecule has 2 N–H and O–H groups in total. The minimum atomic E-state index is 0.0343. The van der Waals surface area contributed by atoms with Crippen LogP contribution in [0, 0.1) is 5.92 Å². The first-order valence-electron chi connectivity index (χ1n) is 8.36. The van der Waals surface area contributed by atoms with E-state index in [0.717, 1.165) is 16.9 Å². The number of amides is 1. The van der Waals surface area contributed by atoms with Gasteiger partial charge in [0.2, 0.25) is 5.91 Å². The Morgan fingerprint density at radius 2 is 1.72 bits per heavy atom. The fourth-order valence-corrected chi connectivity index (χ4v) is 2.48. The quantitative estimate of drug-likeness (QED) is 0.751. The summed E-state index contributed by atoms with van der Waals surface area (Å²) in [6.07, 6.45) is 0.517. The Balaban J connectivity index is 1.99. The Kier molecular flexibility index (Phi) is 6.69. The number of carbonyl (C=O) groups excluding carboxylic acids is 1. The van der Waals surface area contributed by atoms with Crippen LogP contribution < -0.4 is 20.1 Å². The van der Waals surface area contributed by atoms with Crippen LogP contribution in [-0.4, -0.2) is 20.1 Å². The lowest BCUT2D eigenvalue weighted by Gasteiger charge is -2.12. The average Bonchev–Trinajstić information content (AvgIpc) is 2.59. The highest BCUT2D eigenvalue weighted by Crippen LogP contribution is 2.28. The summed E-state index contributed by atoms with van der Waals surface area (Å²) in [5.41, 5.74) is 2.81. The van der Waals surface area contributed by atoms with Crippen LogP contribution in [0.2, 0.25) is 0 Å². The molecule has 0 unspecified atom stereocenters. The molecule has 2 aromatic rings. The molecule has 5 heteroatoms. The summed E-state index contributed by atoms with van der Waals surface area (Å²) in [5, 5.41) is 6.29. The van der Waals surface area contributed by atoms with Gasteiger partial charge in [0.15, 0.2) is 11.5 Å². The van der Waals surface area contributed by atoms with Crippen molar-refractivity contribution < 1.29 is 14.3 Å². The standard InChI is InChI=1S/C20H26N2O3/c1-14(2)10-20(23)22-17-7-5-6-16(12-17)21-13-15-8-9-18(24-3)19(11-15)25-4/h5-9,11-12,14,21H,10,13H2,1-4H3,(H,22,23). The Morgan fingerprint density at radius 1 is 1.00 bits per heavy atom. The topological polar surface area (TPSA) is 59.6 Å². The molecule has 0 bridgehead atoms. The van der Waals surface area contributed by atoms with Crippen LogP contribution in [0.25, 0.3) is 0 Å². The van der Waals surface area contributed by atoms with Crippen LogP contribution in [0.1, 0.15) is 25.8 Å². The van der Waals surface area contributed by atoms with Gasteiger partial charge in [-0.3, -0.25) is 4.79 Å². The third-order valence-electron chi connectivity index (χ3n) is 3.68. The summed E-state index contributed by atoms with van der Waals surface area (Å²) in [7, 11) is 3.24. The van der Waals surface area contributed by atoms with Gasteiger partial charge in [0, 0.05) is 24.3 Å². The molecular formula is C20H26N2O3. The Bertz CT molecular complexity index is 714. The zero-order valence-electron chi connectivity index (χ0n) is 15.3. The molecule has 134 valence electrons. The SMILES string of the molecule is COc1ccc(CNc2cccc(NC(=O)CC(C)C)c2)cc1OC. The smallest absolute Gasteiger partial charge is 0.224 e. The Hall–Kier alpha value is -2.69. The zero-order valence-corrected chi connectivity index (χ0v) is 15.3. The normalized spacial score (nSPS) is 10.4. The van der Waals surface area contributed by atoms with Crippen molar-refractivity contribution in [1.29, 1.82) is 0 Å². The fraction of sp³-hybridized carbons (Fsp3) is 0.350. The molecule has 2 rings (SSSR count). The van der Waals surface area contributed by atoms with E-state index in [1.807, 2.05) is 56.3 Å². The van der Waals surface area contributed by atoms with Gasteiger partial charge in [-0.2, -0.15) is 0 Å². The first-order chi connectivity index (χ1) is 12.0. The lowest BCUT2D eigenvalue weighted by atomic mass is 10.1. The molecule has 0 saturated carbocycles. The molecular weight excluding hydrogens is 316 g/mol. The van der Waals surface area contributed by atoms with Gasteiger partial charge in [0.25, 0.3) is 0 Å². The number of hydrogen-bond donors (Lipinski definition) is 2. The van der Waals surface area contributed by atoms with Crippen molar-refractivity contribution in [3.05, 3.63) is 48.0 Å². The van der Waals surface area contributed by atoms with Gasteiger partial charge >= 0.3 is 0 Å². The number of benzene rings is 2. The largest absolute Gasteiger partial charge is 0.493 e. The minimum absolute atomic E-state index is 0.0343. The van der Waals surface area contributed by atoms with Crippen molar-refractivity contribution in [1.82, 2.24) is 0 Å². The van der Waals surface area contributed by atoms with Gasteiger partial charge in [-0.05, 0) is 41.8 Å². The molecule has 0 aliphatic rings. The average molecular weight is 342 g/mol. The van der Waals surface area contributed by atoms with Crippen LogP contribution in [0.15, 0.2) is 42.5 Å². The lowest BCUT2D eigenvalue weighted by Crippen LogP contribution is -2.13. The maximum atomic E-state index is 11.9. The number of nitrogens with one attached hydrogen (secondary N) is 2. The first kappa shape index (κ1) is 18.6. The molecule has 0 aliphatic heterocycles. The summed E-state index contributed by atoms with van der Waals surface area (Å²) in [4.78, 5) is 11.9. The molecule has 25 heavy (non-hydrogen) atoms. The summed E-state index contributed by atoms with van der Waals surface area (Å²) in [6.45, 7) is 4.70. The highest BCUT2D eigenvalue weighted by atomic mass is 16.5. The molecule has 0 aliphatic carbocycles. The molecule has 0 fully saturated rings. The second-order valence-electron chi connectivity index (χ2n) is 6.27. The van der Waals surface area contributed by atoms with Crippen LogP contribution in [-0.2, 0) is 11.3 Å². The maximum absolute atomic E-state index is 11.9. The molecule has 5 nitrogen and oxygen atoms in total. The van der Waals surface area contributed by atoms with E-state index in [4.69, 9.17) is 9.47 Å². The van der Waals surface area contributed by atoms with Gasteiger partial charge in [0.05, 0.1) is 14.2 Å². The molecule has 0 atom stereocenters. The van der Waals surface area contributed by atoms with Gasteiger partial charge in [-0.25, -0.2) is 0 Å². The van der Waals surface area contributed by atoms with E-state index in [1.54, 1.807) is 14.2 Å². The van der Waals surface area contributed by atoms with Crippen LogP contribution >= 0.6 is 0 Å². The number of ether oxygens (including phenoxy) is 2. The van der Waals surface area contributed by atoms with Gasteiger partial charge < -0.3 is 20.1 Å². The zero-order chi connectivity index (χ0) is 18.2. The molecule has 0 heterocycles. The summed E-state index contributed by atoms with van der Waals surface area (Å²) in [5.74, 6) is 1.79. The Morgan fingerprint density at radius 3 is 2.40 bits per heavy atom. The number of anilines is 2. The van der Waals surface area contributed by atoms with Crippen molar-refractivity contribution in [3.8, 4) is 11.5 Å². The van der Waals surface area contributed by atoms with E-state index in [9.17, 15) is 4.79 Å². The van der Waals surface area contributed by atoms with E-state index in [-0.39, 0.29) is 5.91 Å². The van der Waals surface area contributed by atoms with Crippen LogP contribution in [0.5, 0.6) is 11.5 Å². The van der Waals surface area contributed by atoms with Crippen molar-refractivity contribution in [2.24, 2.45) is 5.92 Å². The Labute approximate surface area is 149 Å². The number of rotatable bonds is 8. The van der Waals surface area contributed by atoms with Gasteiger partial charge in [-0.1, -0.05) is 26.0 Å². The second kappa shape index (κ2) is 8.97. The number of methoxy groups -OCH3 is 2. The van der Waals surface area contributed by atoms with Crippen molar-refractivity contribution in [2.45, 2.75) is 26.8 Å². The molecule has 0 spiro atoms. The molecule has 2 aromatic carbocycles. The first-order valence-corrected chi connectivity index (χ1v) is 8.36. The predicted molar refractivity (Wildman–Crippen MR) is 101 cm³/mol. The van der Waals surface area contributed by atoms with E-state index < -0.39 is 0 Å². The third kappa shape index (κ3) is 5.71. The van der Waals surface area contributed by atoms with Crippen LogP contribution in [0.3, 0.4) is 0 Å². The number of carbonyl (C=O) groups is 1. The van der Waals surface area contributed by atoms with Gasteiger partial charge in [-0.15, -0.1) is 0 Å². The molecule has 1 amide bonds. The van der Waals surface area contributed by atoms with Gasteiger partial charge in [0.1, 0.15) is 0 Å². The highest BCUT2D eigenvalue weighted by Gasteiger charge is 2.07. The second-order valence-corrected chi connectivity index (χ2v) is 6.27. The lowest BCUT2D eigenvalue weighted by molar-refractivity contribution is -0.116. The summed E-state index contributed by atoms with van der Waals surface area (Å²) >= 11 is 0. The van der Waals surface area contributed by atoms with Crippen LogP contribution in [0.4, 0.5) is 11.4 Å². The van der Waals surface area contributed by atoms with E-state index >= 15 is 0 Å². The summed E-state index contributed by atoms with van der Waals surface area (Å²) < 4.78 is 10.6. The van der Waals surface area contributed by atoms with E-state index in [1.165, 1.54) is 0 Å². The van der Waals surface area contributed by atoms with E-state index in [2.05, 4.69) is 10.6 Å². The molecule has 0 saturated heterocycles. The monoisotopic (exact) mass is 342 g/mol. The maximum Gasteiger partial charge on any atom is 0.224 e. The predicted octanol–water partition coefficient (Wildman–Crippen LogP) is 4.30. The van der Waals surface area contributed by atoms with Crippen molar-refractivity contribution in [2.75, 3.05) is 24.9 Å². The van der Waals surface area contributed by atoms with Crippen molar-refractivity contribution in [3.63, 3.8) is 0 Å². The number of hydrogen-bond acceptors (Lipinski definition) is 4. The minimum Gasteiger partial charge on any atom is -0.493 e. The summed E-state index contributed by atoms with van der Waals surface area (Å²) in [6, 6.07) is 13.5. The third-order valence-corrected chi connectivity index (χ3v) is 3.68. The fourth-order valence-electron chi connectivity index (χ4n) is 2.48. The molecule has 0 aromatic heterocycles. The van der Waals surface area contributed by atoms with E-state index in [0.29, 0.717) is 30.4 Å².